The van der Waals surface area contributed by atoms with Gasteiger partial charge in [0.2, 0.25) is 0 Å². The molecule has 9 heteroatoms. The van der Waals surface area contributed by atoms with E-state index in [4.69, 9.17) is 0 Å². The van der Waals surface area contributed by atoms with Gasteiger partial charge in [0, 0.05) is 56.1 Å². The molecule has 8 nitrogen and oxygen atoms in total. The number of benzene rings is 1. The van der Waals surface area contributed by atoms with Gasteiger partial charge < -0.3 is 10.2 Å². The standard InChI is InChI=1S/C18H21N5O3.ClH/c1-21-11-16(17(20-21)12-2-6-15(7-3-12)23(25)26)18(24)22-9-8-13-4-5-14(10-22)19-13;/h2-3,6-7,11,13-14,19H,4-5,8-10H2,1H3;1H. The van der Waals surface area contributed by atoms with Crippen molar-refractivity contribution in [3.8, 4) is 11.3 Å². The number of nitrogens with one attached hydrogen (secondary N) is 1. The van der Waals surface area contributed by atoms with Crippen molar-refractivity contribution in [1.82, 2.24) is 20.0 Å². The van der Waals surface area contributed by atoms with Crippen LogP contribution in [0.5, 0.6) is 0 Å². The molecule has 1 N–H and O–H groups in total. The number of halogens is 1. The second kappa shape index (κ2) is 7.66. The highest BCUT2D eigenvalue weighted by atomic mass is 35.5. The Morgan fingerprint density at radius 2 is 1.93 bits per heavy atom. The summed E-state index contributed by atoms with van der Waals surface area (Å²) in [6.45, 7) is 1.45. The Kier molecular flexibility index (Phi) is 5.48. The number of nitro groups is 1. The van der Waals surface area contributed by atoms with Crippen LogP contribution in [0.1, 0.15) is 29.6 Å². The molecule has 27 heavy (non-hydrogen) atoms. The molecule has 2 fully saturated rings. The zero-order valence-corrected chi connectivity index (χ0v) is 15.8. The quantitative estimate of drug-likeness (QED) is 0.640. The summed E-state index contributed by atoms with van der Waals surface area (Å²) >= 11 is 0. The third-order valence-electron chi connectivity index (χ3n) is 5.22. The number of carbonyl (C=O) groups excluding carboxylic acids is 1. The first kappa shape index (κ1) is 19.3. The van der Waals surface area contributed by atoms with Crippen LogP contribution < -0.4 is 5.32 Å². The summed E-state index contributed by atoms with van der Waals surface area (Å²) in [6, 6.07) is 7.04. The number of non-ortho nitro benzene ring substituents is 1. The van der Waals surface area contributed by atoms with Gasteiger partial charge in [-0.05, 0) is 31.4 Å². The number of hydrogen-bond donors (Lipinski definition) is 1. The van der Waals surface area contributed by atoms with E-state index in [1.807, 2.05) is 4.90 Å². The number of aryl methyl sites for hydroxylation is 1. The number of hydrogen-bond acceptors (Lipinski definition) is 5. The van der Waals surface area contributed by atoms with Crippen molar-refractivity contribution in [2.75, 3.05) is 13.1 Å². The molecule has 2 aliphatic rings. The molecule has 4 rings (SSSR count). The van der Waals surface area contributed by atoms with E-state index in [0.717, 1.165) is 19.4 Å². The fourth-order valence-corrected chi connectivity index (χ4v) is 3.90. The number of aromatic nitrogens is 2. The summed E-state index contributed by atoms with van der Waals surface area (Å²) in [6.07, 6.45) is 5.00. The van der Waals surface area contributed by atoms with Crippen LogP contribution >= 0.6 is 12.4 Å². The van der Waals surface area contributed by atoms with Gasteiger partial charge in [-0.25, -0.2) is 0 Å². The Balaban J connectivity index is 0.00000210. The molecule has 1 aromatic heterocycles. The maximum atomic E-state index is 13.1. The monoisotopic (exact) mass is 391 g/mol. The van der Waals surface area contributed by atoms with Crippen LogP contribution in [0.3, 0.4) is 0 Å². The van der Waals surface area contributed by atoms with Crippen molar-refractivity contribution in [2.24, 2.45) is 7.05 Å². The number of amides is 1. The van der Waals surface area contributed by atoms with Crippen molar-refractivity contribution in [3.05, 3.63) is 46.1 Å². The predicted molar refractivity (Wildman–Crippen MR) is 103 cm³/mol. The average molecular weight is 392 g/mol. The molecule has 144 valence electrons. The number of likely N-dealkylation sites (tertiary alicyclic amines) is 1. The van der Waals surface area contributed by atoms with Gasteiger partial charge in [-0.1, -0.05) is 0 Å². The lowest BCUT2D eigenvalue weighted by Gasteiger charge is -2.24. The van der Waals surface area contributed by atoms with Crippen LogP contribution in [0.4, 0.5) is 5.69 Å². The van der Waals surface area contributed by atoms with E-state index < -0.39 is 4.92 Å². The lowest BCUT2D eigenvalue weighted by Crippen LogP contribution is -2.39. The fourth-order valence-electron chi connectivity index (χ4n) is 3.90. The van der Waals surface area contributed by atoms with E-state index >= 15 is 0 Å². The highest BCUT2D eigenvalue weighted by Crippen LogP contribution is 2.27. The molecule has 0 aliphatic carbocycles. The van der Waals surface area contributed by atoms with E-state index in [2.05, 4.69) is 10.4 Å². The Labute approximate surface area is 163 Å². The fraction of sp³-hybridized carbons (Fsp3) is 0.444. The van der Waals surface area contributed by atoms with Gasteiger partial charge in [0.1, 0.15) is 5.69 Å². The highest BCUT2D eigenvalue weighted by Gasteiger charge is 2.32. The number of fused-ring (bicyclic) bond motifs is 2. The molecule has 0 radical (unpaired) electrons. The first-order chi connectivity index (χ1) is 12.5. The van der Waals surface area contributed by atoms with E-state index in [1.54, 1.807) is 30.1 Å². The van der Waals surface area contributed by atoms with Gasteiger partial charge in [-0.2, -0.15) is 5.10 Å². The SMILES string of the molecule is Cl.Cn1cc(C(=O)N2CCC3CCC(C2)N3)c(-c2ccc([N+](=O)[O-])cc2)n1. The maximum absolute atomic E-state index is 13.1. The van der Waals surface area contributed by atoms with Gasteiger partial charge in [0.15, 0.2) is 0 Å². The number of carbonyl (C=O) groups is 1. The van der Waals surface area contributed by atoms with Gasteiger partial charge in [0.25, 0.3) is 11.6 Å². The van der Waals surface area contributed by atoms with E-state index in [1.165, 1.54) is 18.6 Å². The van der Waals surface area contributed by atoms with Gasteiger partial charge in [-0.3, -0.25) is 19.6 Å². The first-order valence-electron chi connectivity index (χ1n) is 8.85. The zero-order valence-electron chi connectivity index (χ0n) is 15.0. The molecule has 2 aliphatic heterocycles. The minimum absolute atomic E-state index is 0. The summed E-state index contributed by atoms with van der Waals surface area (Å²) in [4.78, 5) is 25.5. The average Bonchev–Trinajstić information content (AvgIpc) is 3.16. The normalized spacial score (nSPS) is 21.4. The van der Waals surface area contributed by atoms with Crippen LogP contribution in [0.25, 0.3) is 11.3 Å². The molecule has 2 unspecified atom stereocenters. The van der Waals surface area contributed by atoms with Crippen LogP contribution in [0.2, 0.25) is 0 Å². The minimum Gasteiger partial charge on any atom is -0.337 e. The van der Waals surface area contributed by atoms with Gasteiger partial charge in [-0.15, -0.1) is 12.4 Å². The molecule has 3 heterocycles. The molecule has 1 aromatic carbocycles. The summed E-state index contributed by atoms with van der Waals surface area (Å²) in [5.41, 5.74) is 1.83. The van der Waals surface area contributed by atoms with Crippen LogP contribution in [0, 0.1) is 10.1 Å². The Hall–Kier alpha value is -2.45. The molecule has 0 saturated carbocycles. The topological polar surface area (TPSA) is 93.3 Å². The van der Waals surface area contributed by atoms with Crippen molar-refractivity contribution >= 4 is 24.0 Å². The van der Waals surface area contributed by atoms with Crippen LogP contribution in [-0.2, 0) is 7.05 Å². The smallest absolute Gasteiger partial charge is 0.269 e. The van der Waals surface area contributed by atoms with Crippen molar-refractivity contribution < 1.29 is 9.72 Å². The number of nitrogens with zero attached hydrogens (tertiary/aromatic N) is 4. The lowest BCUT2D eigenvalue weighted by atomic mass is 10.0. The summed E-state index contributed by atoms with van der Waals surface area (Å²) in [7, 11) is 1.78. The second-order valence-electron chi connectivity index (χ2n) is 7.05. The third kappa shape index (κ3) is 3.81. The van der Waals surface area contributed by atoms with Gasteiger partial charge in [0.05, 0.1) is 10.5 Å². The van der Waals surface area contributed by atoms with Crippen molar-refractivity contribution in [3.63, 3.8) is 0 Å². The molecule has 2 bridgehead atoms. The van der Waals surface area contributed by atoms with Crippen molar-refractivity contribution in [2.45, 2.75) is 31.3 Å². The molecular weight excluding hydrogens is 370 g/mol. The lowest BCUT2D eigenvalue weighted by molar-refractivity contribution is -0.384. The minimum atomic E-state index is -0.437. The molecular formula is C18H22ClN5O3. The Morgan fingerprint density at radius 3 is 2.63 bits per heavy atom. The molecule has 2 aromatic rings. The van der Waals surface area contributed by atoms with E-state index in [-0.39, 0.29) is 24.0 Å². The number of rotatable bonds is 3. The van der Waals surface area contributed by atoms with Gasteiger partial charge >= 0.3 is 0 Å². The summed E-state index contributed by atoms with van der Waals surface area (Å²) in [5.74, 6) is -0.0270. The molecule has 1 amide bonds. The zero-order chi connectivity index (χ0) is 18.3. The Morgan fingerprint density at radius 1 is 1.22 bits per heavy atom. The first-order valence-corrected chi connectivity index (χ1v) is 8.85. The van der Waals surface area contributed by atoms with Crippen molar-refractivity contribution in [1.29, 1.82) is 0 Å². The second-order valence-corrected chi connectivity index (χ2v) is 7.05. The predicted octanol–water partition coefficient (Wildman–Crippen LogP) is 2.38. The Bertz CT molecular complexity index is 851. The summed E-state index contributed by atoms with van der Waals surface area (Å²) < 4.78 is 1.62. The molecule has 2 atom stereocenters. The molecule has 2 saturated heterocycles. The van der Waals surface area contributed by atoms with E-state index in [9.17, 15) is 14.9 Å². The summed E-state index contributed by atoms with van der Waals surface area (Å²) in [5, 5.41) is 18.9. The maximum Gasteiger partial charge on any atom is 0.269 e. The van der Waals surface area contributed by atoms with Crippen LogP contribution in [-0.4, -0.2) is 50.7 Å². The third-order valence-corrected chi connectivity index (χ3v) is 5.22. The highest BCUT2D eigenvalue weighted by molar-refractivity contribution is 6.00. The number of nitro benzene ring substituents is 1. The molecule has 0 spiro atoms. The van der Waals surface area contributed by atoms with E-state index in [0.29, 0.717) is 35.4 Å². The van der Waals surface area contributed by atoms with Crippen LogP contribution in [0.15, 0.2) is 30.5 Å². The largest absolute Gasteiger partial charge is 0.337 e.